The van der Waals surface area contributed by atoms with Crippen LogP contribution in [0.25, 0.3) is 0 Å². The molecule has 1 atom stereocenters. The van der Waals surface area contributed by atoms with E-state index < -0.39 is 33.6 Å². The first-order chi connectivity index (χ1) is 11.6. The maximum atomic E-state index is 13.5. The van der Waals surface area contributed by atoms with Gasteiger partial charge in [-0.15, -0.1) is 0 Å². The zero-order valence-corrected chi connectivity index (χ0v) is 14.9. The van der Waals surface area contributed by atoms with Gasteiger partial charge in [0.15, 0.2) is 11.6 Å². The summed E-state index contributed by atoms with van der Waals surface area (Å²) >= 11 is 5.84. The van der Waals surface area contributed by atoms with Crippen LogP contribution in [0.4, 0.5) is 20.2 Å². The fourth-order valence-corrected chi connectivity index (χ4v) is 3.60. The molecule has 0 saturated heterocycles. The number of carbonyl (C=O) groups is 1. The van der Waals surface area contributed by atoms with Crippen molar-refractivity contribution in [3.8, 4) is 0 Å². The van der Waals surface area contributed by atoms with Crippen molar-refractivity contribution in [1.82, 2.24) is 0 Å². The van der Waals surface area contributed by atoms with Gasteiger partial charge in [-0.3, -0.25) is 9.10 Å². The first-order valence-corrected chi connectivity index (χ1v) is 9.33. The zero-order valence-electron chi connectivity index (χ0n) is 13.3. The van der Waals surface area contributed by atoms with Crippen LogP contribution in [0, 0.1) is 11.6 Å². The van der Waals surface area contributed by atoms with Crippen molar-refractivity contribution in [3.05, 3.63) is 59.1 Å². The molecule has 0 bridgehead atoms. The van der Waals surface area contributed by atoms with E-state index in [2.05, 4.69) is 5.32 Å². The van der Waals surface area contributed by atoms with Crippen molar-refractivity contribution in [1.29, 1.82) is 0 Å². The summed E-state index contributed by atoms with van der Waals surface area (Å²) in [5.74, 6) is -2.99. The van der Waals surface area contributed by atoms with E-state index in [1.807, 2.05) is 0 Å². The highest BCUT2D eigenvalue weighted by atomic mass is 35.5. The Morgan fingerprint density at radius 2 is 1.84 bits per heavy atom. The lowest BCUT2D eigenvalue weighted by molar-refractivity contribution is -0.116. The molecule has 9 heteroatoms. The Bertz CT molecular complexity index is 906. The van der Waals surface area contributed by atoms with Gasteiger partial charge in [0.05, 0.1) is 11.9 Å². The highest BCUT2D eigenvalue weighted by Gasteiger charge is 2.29. The van der Waals surface area contributed by atoms with Crippen LogP contribution < -0.4 is 9.62 Å². The molecular formula is C16H15ClF2N2O3S. The van der Waals surface area contributed by atoms with E-state index in [0.717, 1.165) is 28.8 Å². The SMILES string of the molecule is C[C@H](C(=O)Nc1cccc(Cl)c1)N(c1ccc(F)c(F)c1)S(C)(=O)=O. The molecule has 5 nitrogen and oxygen atoms in total. The van der Waals surface area contributed by atoms with Crippen molar-refractivity contribution in [3.63, 3.8) is 0 Å². The third kappa shape index (κ3) is 4.67. The van der Waals surface area contributed by atoms with Gasteiger partial charge in [-0.25, -0.2) is 17.2 Å². The van der Waals surface area contributed by atoms with E-state index in [1.165, 1.54) is 13.0 Å². The maximum absolute atomic E-state index is 13.5. The van der Waals surface area contributed by atoms with E-state index in [9.17, 15) is 22.0 Å². The third-order valence-electron chi connectivity index (χ3n) is 3.34. The molecule has 0 aromatic heterocycles. The van der Waals surface area contributed by atoms with E-state index in [0.29, 0.717) is 10.7 Å². The number of halogens is 3. The molecule has 2 rings (SSSR count). The molecule has 0 aliphatic heterocycles. The number of hydrogen-bond donors (Lipinski definition) is 1. The highest BCUT2D eigenvalue weighted by Crippen LogP contribution is 2.24. The predicted molar refractivity (Wildman–Crippen MR) is 93.2 cm³/mol. The predicted octanol–water partition coefficient (Wildman–Crippen LogP) is 3.41. The molecule has 0 fully saturated rings. The Hall–Kier alpha value is -2.19. The Morgan fingerprint density at radius 3 is 2.40 bits per heavy atom. The monoisotopic (exact) mass is 388 g/mol. The Balaban J connectivity index is 2.34. The van der Waals surface area contributed by atoms with Crippen LogP contribution in [0.5, 0.6) is 0 Å². The Morgan fingerprint density at radius 1 is 1.16 bits per heavy atom. The van der Waals surface area contributed by atoms with Gasteiger partial charge in [-0.2, -0.15) is 0 Å². The minimum absolute atomic E-state index is 0.157. The number of hydrogen-bond acceptors (Lipinski definition) is 3. The number of nitrogens with one attached hydrogen (secondary N) is 1. The van der Waals surface area contributed by atoms with E-state index in [4.69, 9.17) is 11.6 Å². The number of rotatable bonds is 5. The first-order valence-electron chi connectivity index (χ1n) is 7.10. The minimum Gasteiger partial charge on any atom is -0.324 e. The molecular weight excluding hydrogens is 374 g/mol. The van der Waals surface area contributed by atoms with Gasteiger partial charge in [0, 0.05) is 16.8 Å². The molecule has 0 spiro atoms. The van der Waals surface area contributed by atoms with Gasteiger partial charge < -0.3 is 5.32 Å². The normalized spacial score (nSPS) is 12.5. The first kappa shape index (κ1) is 19.1. The molecule has 2 aromatic carbocycles. The largest absolute Gasteiger partial charge is 0.324 e. The Kier molecular flexibility index (Phi) is 5.64. The molecule has 25 heavy (non-hydrogen) atoms. The number of nitrogens with zero attached hydrogens (tertiary/aromatic N) is 1. The molecule has 1 amide bonds. The minimum atomic E-state index is -3.93. The van der Waals surface area contributed by atoms with Crippen molar-refractivity contribution in [2.24, 2.45) is 0 Å². The maximum Gasteiger partial charge on any atom is 0.247 e. The molecule has 0 radical (unpaired) electrons. The summed E-state index contributed by atoms with van der Waals surface area (Å²) in [6, 6.07) is 7.70. The van der Waals surface area contributed by atoms with Crippen molar-refractivity contribution >= 4 is 38.9 Å². The third-order valence-corrected chi connectivity index (χ3v) is 4.82. The van der Waals surface area contributed by atoms with Crippen LogP contribution in [-0.2, 0) is 14.8 Å². The number of anilines is 2. The summed E-state index contributed by atoms with van der Waals surface area (Å²) in [6.07, 6.45) is 0.872. The van der Waals surface area contributed by atoms with Crippen molar-refractivity contribution in [2.75, 3.05) is 15.9 Å². The van der Waals surface area contributed by atoms with Gasteiger partial charge in [0.1, 0.15) is 6.04 Å². The lowest BCUT2D eigenvalue weighted by Crippen LogP contribution is -2.45. The van der Waals surface area contributed by atoms with Gasteiger partial charge in [0.2, 0.25) is 15.9 Å². The summed E-state index contributed by atoms with van der Waals surface area (Å²) in [5.41, 5.74) is 0.221. The topological polar surface area (TPSA) is 66.5 Å². The Labute approximate surface area is 149 Å². The standard InChI is InChI=1S/C16H15ClF2N2O3S/c1-10(16(22)20-12-5-3-4-11(17)8-12)21(25(2,23)24)13-6-7-14(18)15(19)9-13/h3-10H,1-2H3,(H,20,22)/t10-/m1/s1. The summed E-state index contributed by atoms with van der Waals surface area (Å²) in [5, 5.41) is 2.93. The second-order valence-corrected chi connectivity index (χ2v) is 7.63. The van der Waals surface area contributed by atoms with Crippen LogP contribution >= 0.6 is 11.6 Å². The quantitative estimate of drug-likeness (QED) is 0.853. The fourth-order valence-electron chi connectivity index (χ4n) is 2.24. The zero-order chi connectivity index (χ0) is 18.8. The van der Waals surface area contributed by atoms with Gasteiger partial charge in [-0.1, -0.05) is 17.7 Å². The lowest BCUT2D eigenvalue weighted by Gasteiger charge is -2.28. The van der Waals surface area contributed by atoms with Gasteiger partial charge in [0.25, 0.3) is 0 Å². The molecule has 134 valence electrons. The average molecular weight is 389 g/mol. The second kappa shape index (κ2) is 7.37. The number of amides is 1. The van der Waals surface area contributed by atoms with E-state index in [-0.39, 0.29) is 5.69 Å². The summed E-state index contributed by atoms with van der Waals surface area (Å²) in [7, 11) is -3.93. The van der Waals surface area contributed by atoms with E-state index >= 15 is 0 Å². The number of sulfonamides is 1. The molecule has 0 unspecified atom stereocenters. The molecule has 2 aromatic rings. The summed E-state index contributed by atoms with van der Waals surface area (Å²) in [4.78, 5) is 12.4. The number of carbonyl (C=O) groups excluding carboxylic acids is 1. The van der Waals surface area contributed by atoms with Crippen molar-refractivity contribution < 1.29 is 22.0 Å². The average Bonchev–Trinajstić information content (AvgIpc) is 2.49. The van der Waals surface area contributed by atoms with Crippen LogP contribution in [0.3, 0.4) is 0 Å². The fraction of sp³-hybridized carbons (Fsp3) is 0.188. The molecule has 0 aliphatic rings. The lowest BCUT2D eigenvalue weighted by atomic mass is 10.2. The molecule has 1 N–H and O–H groups in total. The van der Waals surface area contributed by atoms with Crippen LogP contribution in [0.2, 0.25) is 5.02 Å². The van der Waals surface area contributed by atoms with Crippen LogP contribution in [0.1, 0.15) is 6.92 Å². The molecule has 0 aliphatic carbocycles. The number of benzene rings is 2. The van der Waals surface area contributed by atoms with Gasteiger partial charge in [-0.05, 0) is 37.3 Å². The van der Waals surface area contributed by atoms with Crippen LogP contribution in [0.15, 0.2) is 42.5 Å². The van der Waals surface area contributed by atoms with Gasteiger partial charge >= 0.3 is 0 Å². The van der Waals surface area contributed by atoms with E-state index in [1.54, 1.807) is 18.2 Å². The molecule has 0 saturated carbocycles. The summed E-state index contributed by atoms with van der Waals surface area (Å²) in [6.45, 7) is 1.34. The van der Waals surface area contributed by atoms with Crippen molar-refractivity contribution in [2.45, 2.75) is 13.0 Å². The summed E-state index contributed by atoms with van der Waals surface area (Å²) < 4.78 is 51.5. The smallest absolute Gasteiger partial charge is 0.247 e. The second-order valence-electron chi connectivity index (χ2n) is 5.33. The highest BCUT2D eigenvalue weighted by molar-refractivity contribution is 7.92. The molecule has 0 heterocycles. The van der Waals surface area contributed by atoms with Crippen LogP contribution in [-0.4, -0.2) is 26.6 Å².